The van der Waals surface area contributed by atoms with Crippen molar-refractivity contribution in [3.05, 3.63) is 30.1 Å². The lowest BCUT2D eigenvalue weighted by Gasteiger charge is -2.09. The molecule has 1 heterocycles. The molecule has 0 spiro atoms. The highest BCUT2D eigenvalue weighted by Crippen LogP contribution is 2.10. The third-order valence-corrected chi connectivity index (χ3v) is 4.61. The standard InChI is InChI=1S/C13H17N3O3S/c1-9(20(2,18)19)13(17)14-8-7-12-15-10-5-3-4-6-11(10)16-12/h3-6,9H,7-8H2,1-2H3,(H,14,17)(H,15,16). The van der Waals surface area contributed by atoms with Gasteiger partial charge in [0.25, 0.3) is 0 Å². The number of carbonyl (C=O) groups is 1. The van der Waals surface area contributed by atoms with E-state index in [1.807, 2.05) is 24.3 Å². The Kier molecular flexibility index (Phi) is 4.08. The molecule has 6 nitrogen and oxygen atoms in total. The quantitative estimate of drug-likeness (QED) is 0.847. The number of hydrogen-bond acceptors (Lipinski definition) is 4. The first-order valence-corrected chi connectivity index (χ1v) is 8.23. The predicted molar refractivity (Wildman–Crippen MR) is 77.1 cm³/mol. The molecule has 0 aliphatic rings. The lowest BCUT2D eigenvalue weighted by Crippen LogP contribution is -2.38. The van der Waals surface area contributed by atoms with Crippen LogP contribution in [-0.2, 0) is 21.1 Å². The minimum atomic E-state index is -3.35. The third kappa shape index (κ3) is 3.36. The molecule has 2 rings (SSSR count). The lowest BCUT2D eigenvalue weighted by atomic mass is 10.3. The number of amides is 1. The SMILES string of the molecule is CC(C(=O)NCCc1nc2ccccc2[nH]1)S(C)(=O)=O. The molecular formula is C13H17N3O3S. The van der Waals surface area contributed by atoms with Crippen LogP contribution >= 0.6 is 0 Å². The molecule has 0 bridgehead atoms. The molecule has 1 amide bonds. The summed E-state index contributed by atoms with van der Waals surface area (Å²) in [6.45, 7) is 1.73. The Labute approximate surface area is 117 Å². The van der Waals surface area contributed by atoms with E-state index in [2.05, 4.69) is 15.3 Å². The number of aromatic nitrogens is 2. The summed E-state index contributed by atoms with van der Waals surface area (Å²) < 4.78 is 22.5. The maximum atomic E-state index is 11.6. The monoisotopic (exact) mass is 295 g/mol. The van der Waals surface area contributed by atoms with E-state index in [1.54, 1.807) is 0 Å². The van der Waals surface area contributed by atoms with Crippen LogP contribution in [-0.4, -0.2) is 42.3 Å². The fourth-order valence-corrected chi connectivity index (χ4v) is 2.24. The van der Waals surface area contributed by atoms with Gasteiger partial charge in [0, 0.05) is 19.2 Å². The second-order valence-electron chi connectivity index (χ2n) is 4.71. The van der Waals surface area contributed by atoms with E-state index in [-0.39, 0.29) is 0 Å². The van der Waals surface area contributed by atoms with Crippen LogP contribution < -0.4 is 5.32 Å². The van der Waals surface area contributed by atoms with Crippen molar-refractivity contribution in [1.82, 2.24) is 15.3 Å². The van der Waals surface area contributed by atoms with Gasteiger partial charge < -0.3 is 10.3 Å². The maximum Gasteiger partial charge on any atom is 0.238 e. The maximum absolute atomic E-state index is 11.6. The van der Waals surface area contributed by atoms with Crippen LogP contribution in [0.3, 0.4) is 0 Å². The molecule has 1 unspecified atom stereocenters. The van der Waals surface area contributed by atoms with Gasteiger partial charge in [-0.25, -0.2) is 13.4 Å². The van der Waals surface area contributed by atoms with E-state index in [4.69, 9.17) is 0 Å². The number of nitrogens with one attached hydrogen (secondary N) is 2. The molecule has 0 saturated heterocycles. The van der Waals surface area contributed by atoms with Crippen LogP contribution in [0.2, 0.25) is 0 Å². The Morgan fingerprint density at radius 3 is 2.75 bits per heavy atom. The van der Waals surface area contributed by atoms with E-state index in [0.29, 0.717) is 13.0 Å². The molecule has 1 atom stereocenters. The van der Waals surface area contributed by atoms with E-state index >= 15 is 0 Å². The molecule has 2 aromatic rings. The van der Waals surface area contributed by atoms with Crippen molar-refractivity contribution in [3.63, 3.8) is 0 Å². The molecule has 0 radical (unpaired) electrons. The summed E-state index contributed by atoms with van der Waals surface area (Å²) in [5.41, 5.74) is 1.82. The predicted octanol–water partition coefficient (Wildman–Crippen LogP) is 0.655. The third-order valence-electron chi connectivity index (χ3n) is 3.11. The molecule has 0 aliphatic heterocycles. The molecule has 108 valence electrons. The molecule has 0 saturated carbocycles. The van der Waals surface area contributed by atoms with E-state index in [1.165, 1.54) is 6.92 Å². The van der Waals surface area contributed by atoms with Gasteiger partial charge >= 0.3 is 0 Å². The van der Waals surface area contributed by atoms with Gasteiger partial charge in [-0.1, -0.05) is 12.1 Å². The van der Waals surface area contributed by atoms with Gasteiger partial charge in [-0.2, -0.15) is 0 Å². The number of rotatable bonds is 5. The van der Waals surface area contributed by atoms with Crippen molar-refractivity contribution in [3.8, 4) is 0 Å². The molecular weight excluding hydrogens is 278 g/mol. The van der Waals surface area contributed by atoms with Gasteiger partial charge in [0.15, 0.2) is 9.84 Å². The molecule has 7 heteroatoms. The number of H-pyrrole nitrogens is 1. The van der Waals surface area contributed by atoms with Gasteiger partial charge in [0.05, 0.1) is 11.0 Å². The Hall–Kier alpha value is -1.89. The summed E-state index contributed by atoms with van der Waals surface area (Å²) in [5.74, 6) is 0.280. The Balaban J connectivity index is 1.91. The van der Waals surface area contributed by atoms with Crippen LogP contribution in [0.15, 0.2) is 24.3 Å². The first-order chi connectivity index (χ1) is 9.38. The van der Waals surface area contributed by atoms with Crippen LogP contribution in [0, 0.1) is 0 Å². The minimum Gasteiger partial charge on any atom is -0.355 e. The number of nitrogens with zero attached hydrogens (tertiary/aromatic N) is 1. The average Bonchev–Trinajstić information content (AvgIpc) is 2.79. The first kappa shape index (κ1) is 14.5. The second kappa shape index (κ2) is 5.62. The van der Waals surface area contributed by atoms with Crippen LogP contribution in [0.25, 0.3) is 11.0 Å². The summed E-state index contributed by atoms with van der Waals surface area (Å²) in [6, 6.07) is 7.65. The van der Waals surface area contributed by atoms with Crippen LogP contribution in [0.5, 0.6) is 0 Å². The number of hydrogen-bond donors (Lipinski definition) is 2. The second-order valence-corrected chi connectivity index (χ2v) is 7.08. The van der Waals surface area contributed by atoms with Gasteiger partial charge in [0.1, 0.15) is 11.1 Å². The number of fused-ring (bicyclic) bond motifs is 1. The van der Waals surface area contributed by atoms with Gasteiger partial charge in [-0.15, -0.1) is 0 Å². The van der Waals surface area contributed by atoms with E-state index in [9.17, 15) is 13.2 Å². The Morgan fingerprint density at radius 2 is 2.10 bits per heavy atom. The van der Waals surface area contributed by atoms with Crippen molar-refractivity contribution in [2.45, 2.75) is 18.6 Å². The molecule has 20 heavy (non-hydrogen) atoms. The Morgan fingerprint density at radius 1 is 1.40 bits per heavy atom. The minimum absolute atomic E-state index is 0.346. The highest BCUT2D eigenvalue weighted by atomic mass is 32.2. The first-order valence-electron chi connectivity index (χ1n) is 6.28. The zero-order chi connectivity index (χ0) is 14.8. The zero-order valence-corrected chi connectivity index (χ0v) is 12.2. The summed E-state index contributed by atoms with van der Waals surface area (Å²) in [6.07, 6.45) is 1.58. The molecule has 2 N–H and O–H groups in total. The molecule has 1 aromatic heterocycles. The summed E-state index contributed by atoms with van der Waals surface area (Å²) in [7, 11) is -3.35. The fraction of sp³-hybridized carbons (Fsp3) is 0.385. The molecule has 0 aliphatic carbocycles. The zero-order valence-electron chi connectivity index (χ0n) is 11.4. The van der Waals surface area contributed by atoms with Crippen molar-refractivity contribution >= 4 is 26.8 Å². The van der Waals surface area contributed by atoms with E-state index < -0.39 is 21.0 Å². The van der Waals surface area contributed by atoms with Crippen molar-refractivity contribution in [2.24, 2.45) is 0 Å². The number of aromatic amines is 1. The van der Waals surface area contributed by atoms with Crippen LogP contribution in [0.4, 0.5) is 0 Å². The van der Waals surface area contributed by atoms with Gasteiger partial charge in [-0.3, -0.25) is 4.79 Å². The lowest BCUT2D eigenvalue weighted by molar-refractivity contribution is -0.120. The van der Waals surface area contributed by atoms with E-state index in [0.717, 1.165) is 23.1 Å². The number of benzene rings is 1. The molecule has 1 aromatic carbocycles. The van der Waals surface area contributed by atoms with Crippen LogP contribution in [0.1, 0.15) is 12.7 Å². The normalized spacial score (nSPS) is 13.3. The largest absolute Gasteiger partial charge is 0.355 e. The summed E-state index contributed by atoms with van der Waals surface area (Å²) in [5, 5.41) is 1.57. The fourth-order valence-electron chi connectivity index (χ4n) is 1.77. The van der Waals surface area contributed by atoms with Crippen molar-refractivity contribution in [1.29, 1.82) is 0 Å². The molecule has 0 fully saturated rings. The summed E-state index contributed by atoms with van der Waals surface area (Å²) in [4.78, 5) is 19.2. The highest BCUT2D eigenvalue weighted by Gasteiger charge is 2.22. The summed E-state index contributed by atoms with van der Waals surface area (Å²) >= 11 is 0. The van der Waals surface area contributed by atoms with Gasteiger partial charge in [0.2, 0.25) is 5.91 Å². The highest BCUT2D eigenvalue weighted by molar-refractivity contribution is 7.92. The van der Waals surface area contributed by atoms with Crippen molar-refractivity contribution < 1.29 is 13.2 Å². The number of para-hydroxylation sites is 2. The number of carbonyl (C=O) groups excluding carboxylic acids is 1. The Bertz CT molecular complexity index is 688. The number of sulfone groups is 1. The van der Waals surface area contributed by atoms with Crippen molar-refractivity contribution in [2.75, 3.05) is 12.8 Å². The smallest absolute Gasteiger partial charge is 0.238 e. The topological polar surface area (TPSA) is 91.9 Å². The average molecular weight is 295 g/mol. The number of imidazole rings is 1. The van der Waals surface area contributed by atoms with Gasteiger partial charge in [-0.05, 0) is 19.1 Å².